The molecule has 1 heterocycles. The largest absolute Gasteiger partial charge is 0.494 e. The smallest absolute Gasteiger partial charge is 0.404 e. The molecule has 1 aromatic rings. The van der Waals surface area contributed by atoms with Gasteiger partial charge in [0.1, 0.15) is 5.69 Å². The maximum atomic E-state index is 11.6. The van der Waals surface area contributed by atoms with E-state index in [4.69, 9.17) is 21.4 Å². The molecule has 0 saturated carbocycles. The van der Waals surface area contributed by atoms with Crippen molar-refractivity contribution in [3.8, 4) is 5.75 Å². The molecule has 0 spiro atoms. The first-order valence-electron chi connectivity index (χ1n) is 4.99. The number of pyridine rings is 1. The fraction of sp³-hybridized carbons (Fsp3) is 0.300. The van der Waals surface area contributed by atoms with E-state index in [2.05, 4.69) is 15.6 Å². The summed E-state index contributed by atoms with van der Waals surface area (Å²) in [5, 5.41) is 13.2. The molecule has 18 heavy (non-hydrogen) atoms. The standard InChI is InChI=1S/C10H12ClN3O4/c1-18-8-5-14-7(4-6(8)11)9(15)12-2-3-13-10(16)17/h4-5,13H,2-3H2,1H3,(H,12,15)(H,16,17). The van der Waals surface area contributed by atoms with Gasteiger partial charge in [0, 0.05) is 13.1 Å². The second-order valence-electron chi connectivity index (χ2n) is 3.19. The second kappa shape index (κ2) is 6.65. The zero-order chi connectivity index (χ0) is 13.5. The van der Waals surface area contributed by atoms with Crippen LogP contribution in [0.2, 0.25) is 5.02 Å². The van der Waals surface area contributed by atoms with Gasteiger partial charge in [0.2, 0.25) is 0 Å². The van der Waals surface area contributed by atoms with Crippen molar-refractivity contribution in [2.75, 3.05) is 20.2 Å². The zero-order valence-corrected chi connectivity index (χ0v) is 10.3. The van der Waals surface area contributed by atoms with Crippen LogP contribution in [0, 0.1) is 0 Å². The van der Waals surface area contributed by atoms with Gasteiger partial charge in [0.25, 0.3) is 5.91 Å². The Morgan fingerprint density at radius 1 is 1.44 bits per heavy atom. The van der Waals surface area contributed by atoms with Crippen LogP contribution >= 0.6 is 11.6 Å². The van der Waals surface area contributed by atoms with Crippen molar-refractivity contribution < 1.29 is 19.4 Å². The number of nitrogens with one attached hydrogen (secondary N) is 2. The number of carbonyl (C=O) groups excluding carboxylic acids is 1. The van der Waals surface area contributed by atoms with Gasteiger partial charge in [-0.05, 0) is 6.07 Å². The Hall–Kier alpha value is -2.02. The van der Waals surface area contributed by atoms with Crippen molar-refractivity contribution in [1.29, 1.82) is 0 Å². The monoisotopic (exact) mass is 273 g/mol. The number of halogens is 1. The molecule has 0 atom stereocenters. The molecular formula is C10H12ClN3O4. The molecule has 0 fully saturated rings. The molecule has 1 aromatic heterocycles. The molecule has 0 unspecified atom stereocenters. The van der Waals surface area contributed by atoms with E-state index in [-0.39, 0.29) is 23.8 Å². The molecule has 0 aliphatic carbocycles. The van der Waals surface area contributed by atoms with Crippen LogP contribution in [0.15, 0.2) is 12.3 Å². The van der Waals surface area contributed by atoms with Crippen molar-refractivity contribution in [3.05, 3.63) is 23.0 Å². The highest BCUT2D eigenvalue weighted by atomic mass is 35.5. The summed E-state index contributed by atoms with van der Waals surface area (Å²) < 4.78 is 4.90. The SMILES string of the molecule is COc1cnc(C(=O)NCCNC(=O)O)cc1Cl. The summed E-state index contributed by atoms with van der Waals surface area (Å²) in [6.45, 7) is 0.279. The van der Waals surface area contributed by atoms with Gasteiger partial charge < -0.3 is 20.5 Å². The van der Waals surface area contributed by atoms with Crippen LogP contribution in [0.5, 0.6) is 5.75 Å². The van der Waals surface area contributed by atoms with Crippen molar-refractivity contribution in [1.82, 2.24) is 15.6 Å². The van der Waals surface area contributed by atoms with Crippen LogP contribution in [-0.2, 0) is 0 Å². The molecule has 98 valence electrons. The van der Waals surface area contributed by atoms with Crippen LogP contribution in [0.1, 0.15) is 10.5 Å². The summed E-state index contributed by atoms with van der Waals surface area (Å²) in [7, 11) is 1.44. The van der Waals surface area contributed by atoms with E-state index in [0.717, 1.165) is 0 Å². The third-order valence-corrected chi connectivity index (χ3v) is 2.25. The summed E-state index contributed by atoms with van der Waals surface area (Å²) in [6, 6.07) is 1.38. The second-order valence-corrected chi connectivity index (χ2v) is 3.60. The van der Waals surface area contributed by atoms with E-state index in [0.29, 0.717) is 5.75 Å². The van der Waals surface area contributed by atoms with Gasteiger partial charge in [-0.2, -0.15) is 0 Å². The summed E-state index contributed by atoms with van der Waals surface area (Å²) in [6.07, 6.45) is 0.196. The first-order chi connectivity index (χ1) is 8.54. The van der Waals surface area contributed by atoms with Crippen molar-refractivity contribution >= 4 is 23.6 Å². The van der Waals surface area contributed by atoms with E-state index >= 15 is 0 Å². The number of hydrogen-bond donors (Lipinski definition) is 3. The molecule has 0 bridgehead atoms. The highest BCUT2D eigenvalue weighted by Gasteiger charge is 2.10. The maximum Gasteiger partial charge on any atom is 0.404 e. The van der Waals surface area contributed by atoms with Gasteiger partial charge in [-0.25, -0.2) is 9.78 Å². The zero-order valence-electron chi connectivity index (χ0n) is 9.57. The Morgan fingerprint density at radius 3 is 2.67 bits per heavy atom. The van der Waals surface area contributed by atoms with Crippen LogP contribution in [0.4, 0.5) is 4.79 Å². The lowest BCUT2D eigenvalue weighted by Crippen LogP contribution is -2.34. The van der Waals surface area contributed by atoms with Gasteiger partial charge in [-0.3, -0.25) is 4.79 Å². The van der Waals surface area contributed by atoms with Crippen molar-refractivity contribution in [2.45, 2.75) is 0 Å². The summed E-state index contributed by atoms with van der Waals surface area (Å²) in [5.74, 6) is -0.0625. The van der Waals surface area contributed by atoms with Crippen LogP contribution in [0.25, 0.3) is 0 Å². The molecule has 1 rings (SSSR count). The van der Waals surface area contributed by atoms with E-state index in [1.165, 1.54) is 19.4 Å². The third kappa shape index (κ3) is 4.10. The molecule has 0 aromatic carbocycles. The quantitative estimate of drug-likeness (QED) is 0.687. The number of nitrogens with zero attached hydrogens (tertiary/aromatic N) is 1. The maximum absolute atomic E-state index is 11.6. The number of ether oxygens (including phenoxy) is 1. The Morgan fingerprint density at radius 2 is 2.11 bits per heavy atom. The first kappa shape index (κ1) is 14.0. The topological polar surface area (TPSA) is 101 Å². The first-order valence-corrected chi connectivity index (χ1v) is 5.37. The Labute approximate surface area is 108 Å². The van der Waals surface area contributed by atoms with Crippen LogP contribution < -0.4 is 15.4 Å². The Balaban J connectivity index is 2.51. The fourth-order valence-corrected chi connectivity index (χ4v) is 1.36. The fourth-order valence-electron chi connectivity index (χ4n) is 1.13. The number of aromatic nitrogens is 1. The van der Waals surface area contributed by atoms with Crippen LogP contribution in [-0.4, -0.2) is 42.3 Å². The molecular weight excluding hydrogens is 262 g/mol. The average Bonchev–Trinajstić information content (AvgIpc) is 2.34. The molecule has 2 amide bonds. The van der Waals surface area contributed by atoms with E-state index < -0.39 is 12.0 Å². The normalized spacial score (nSPS) is 9.67. The number of amides is 2. The van der Waals surface area contributed by atoms with Gasteiger partial charge in [0.05, 0.1) is 18.3 Å². The number of rotatable bonds is 5. The molecule has 0 aliphatic heterocycles. The minimum atomic E-state index is -1.14. The lowest BCUT2D eigenvalue weighted by Gasteiger charge is -2.06. The lowest BCUT2D eigenvalue weighted by atomic mass is 10.3. The van der Waals surface area contributed by atoms with Gasteiger partial charge in [-0.1, -0.05) is 11.6 Å². The van der Waals surface area contributed by atoms with Gasteiger partial charge in [0.15, 0.2) is 5.75 Å². The minimum absolute atomic E-state index is 0.116. The number of carbonyl (C=O) groups is 2. The van der Waals surface area contributed by atoms with E-state index in [1.807, 2.05) is 0 Å². The molecule has 3 N–H and O–H groups in total. The predicted molar refractivity (Wildman–Crippen MR) is 64.2 cm³/mol. The summed E-state index contributed by atoms with van der Waals surface area (Å²) in [5.41, 5.74) is 0.135. The summed E-state index contributed by atoms with van der Waals surface area (Å²) in [4.78, 5) is 25.6. The molecule has 0 saturated heterocycles. The third-order valence-electron chi connectivity index (χ3n) is 1.96. The number of hydrogen-bond acceptors (Lipinski definition) is 4. The van der Waals surface area contributed by atoms with Crippen LogP contribution in [0.3, 0.4) is 0 Å². The number of carboxylic acid groups (broad SMARTS) is 1. The van der Waals surface area contributed by atoms with E-state index in [9.17, 15) is 9.59 Å². The van der Waals surface area contributed by atoms with Gasteiger partial charge >= 0.3 is 6.09 Å². The number of methoxy groups -OCH3 is 1. The highest BCUT2D eigenvalue weighted by Crippen LogP contribution is 2.22. The Kier molecular flexibility index (Phi) is 5.19. The minimum Gasteiger partial charge on any atom is -0.494 e. The Bertz CT molecular complexity index is 453. The summed E-state index contributed by atoms with van der Waals surface area (Å²) >= 11 is 5.84. The predicted octanol–water partition coefficient (Wildman–Crippen LogP) is 0.741. The van der Waals surface area contributed by atoms with E-state index in [1.54, 1.807) is 0 Å². The molecule has 0 aliphatic rings. The average molecular weight is 274 g/mol. The molecule has 7 nitrogen and oxygen atoms in total. The van der Waals surface area contributed by atoms with Crippen molar-refractivity contribution in [2.24, 2.45) is 0 Å². The molecule has 0 radical (unpaired) electrons. The van der Waals surface area contributed by atoms with Gasteiger partial charge in [-0.15, -0.1) is 0 Å². The lowest BCUT2D eigenvalue weighted by molar-refractivity contribution is 0.0948. The van der Waals surface area contributed by atoms with Crippen molar-refractivity contribution in [3.63, 3.8) is 0 Å². The molecule has 8 heteroatoms. The highest BCUT2D eigenvalue weighted by molar-refractivity contribution is 6.32.